The van der Waals surface area contributed by atoms with Gasteiger partial charge in [-0.05, 0) is 56.7 Å². The Balaban J connectivity index is 1.33. The predicted octanol–water partition coefficient (Wildman–Crippen LogP) is 4.66. The molecule has 0 unspecified atom stereocenters. The summed E-state index contributed by atoms with van der Waals surface area (Å²) in [6.07, 6.45) is 6.76. The summed E-state index contributed by atoms with van der Waals surface area (Å²) in [6.45, 7) is 5.18. The van der Waals surface area contributed by atoms with E-state index in [1.807, 2.05) is 6.20 Å². The second-order valence-electron chi connectivity index (χ2n) is 7.43. The van der Waals surface area contributed by atoms with Crippen LogP contribution in [0.5, 0.6) is 5.75 Å². The van der Waals surface area contributed by atoms with E-state index in [1.54, 1.807) is 0 Å². The van der Waals surface area contributed by atoms with Crippen molar-refractivity contribution in [3.05, 3.63) is 59.3 Å². The number of H-pyrrole nitrogens is 1. The minimum Gasteiger partial charge on any atom is -0.490 e. The molecule has 1 fully saturated rings. The zero-order chi connectivity index (χ0) is 17.9. The van der Waals surface area contributed by atoms with E-state index >= 15 is 0 Å². The van der Waals surface area contributed by atoms with Gasteiger partial charge in [-0.25, -0.2) is 0 Å². The molecule has 0 amide bonds. The average Bonchev–Trinajstić information content (AvgIpc) is 3.17. The van der Waals surface area contributed by atoms with Crippen LogP contribution in [0.1, 0.15) is 42.4 Å². The van der Waals surface area contributed by atoms with E-state index < -0.39 is 0 Å². The van der Waals surface area contributed by atoms with Crippen molar-refractivity contribution in [2.45, 2.75) is 58.2 Å². The Kier molecular flexibility index (Phi) is 4.93. The largest absolute Gasteiger partial charge is 0.490 e. The van der Waals surface area contributed by atoms with Crippen molar-refractivity contribution in [1.82, 2.24) is 15.5 Å². The van der Waals surface area contributed by atoms with E-state index in [0.717, 1.165) is 30.7 Å². The van der Waals surface area contributed by atoms with Crippen molar-refractivity contribution in [2.24, 2.45) is 0 Å². The van der Waals surface area contributed by atoms with Crippen LogP contribution < -0.4 is 10.1 Å². The Morgan fingerprint density at radius 3 is 2.65 bits per heavy atom. The van der Waals surface area contributed by atoms with Gasteiger partial charge in [0.15, 0.2) is 0 Å². The van der Waals surface area contributed by atoms with Gasteiger partial charge in [0.2, 0.25) is 0 Å². The number of aryl methyl sites for hydroxylation is 2. The van der Waals surface area contributed by atoms with E-state index in [0.29, 0.717) is 12.1 Å². The number of nitrogens with one attached hydrogen (secondary N) is 2. The number of hydrogen-bond donors (Lipinski definition) is 2. The summed E-state index contributed by atoms with van der Waals surface area (Å²) in [4.78, 5) is 0. The summed E-state index contributed by atoms with van der Waals surface area (Å²) < 4.78 is 6.39. The lowest BCUT2D eigenvalue weighted by Crippen LogP contribution is -2.36. The van der Waals surface area contributed by atoms with Crippen LogP contribution in [0.25, 0.3) is 10.9 Å². The van der Waals surface area contributed by atoms with Gasteiger partial charge in [-0.2, -0.15) is 5.10 Å². The summed E-state index contributed by atoms with van der Waals surface area (Å²) in [7, 11) is 0. The standard InChI is InChI=1S/C22H27N3O/c1-15-12-21(16(2)20-14-24-25-22(15)20)26-19-10-8-18(9-11-19)23-13-17-6-4-3-5-7-17/h3-7,12,14,18-19,23H,8-11,13H2,1-2H3,(H,24,25)/t18-,19-. The summed E-state index contributed by atoms with van der Waals surface area (Å²) >= 11 is 0. The molecule has 0 bridgehead atoms. The highest BCUT2D eigenvalue weighted by Crippen LogP contribution is 2.32. The van der Waals surface area contributed by atoms with Gasteiger partial charge < -0.3 is 10.1 Å². The first-order chi connectivity index (χ1) is 12.7. The van der Waals surface area contributed by atoms with Gasteiger partial charge >= 0.3 is 0 Å². The molecule has 0 atom stereocenters. The molecular weight excluding hydrogens is 322 g/mol. The third kappa shape index (κ3) is 3.61. The fourth-order valence-electron chi connectivity index (χ4n) is 3.93. The Labute approximate surface area is 155 Å². The zero-order valence-electron chi connectivity index (χ0n) is 15.6. The zero-order valence-corrected chi connectivity index (χ0v) is 15.6. The fourth-order valence-corrected chi connectivity index (χ4v) is 3.93. The monoisotopic (exact) mass is 349 g/mol. The second-order valence-corrected chi connectivity index (χ2v) is 7.43. The van der Waals surface area contributed by atoms with Crippen LogP contribution in [0.2, 0.25) is 0 Å². The summed E-state index contributed by atoms with van der Waals surface area (Å²) in [5.41, 5.74) is 4.84. The first-order valence-corrected chi connectivity index (χ1v) is 9.58. The molecule has 1 aliphatic carbocycles. The Bertz CT molecular complexity index is 864. The van der Waals surface area contributed by atoms with Crippen molar-refractivity contribution in [1.29, 1.82) is 0 Å². The highest BCUT2D eigenvalue weighted by atomic mass is 16.5. The maximum absolute atomic E-state index is 6.39. The highest BCUT2D eigenvalue weighted by molar-refractivity contribution is 5.86. The second kappa shape index (κ2) is 7.50. The number of hydrogen-bond acceptors (Lipinski definition) is 3. The van der Waals surface area contributed by atoms with Gasteiger partial charge in [-0.3, -0.25) is 5.10 Å². The van der Waals surface area contributed by atoms with Gasteiger partial charge in [-0.1, -0.05) is 30.3 Å². The van der Waals surface area contributed by atoms with Gasteiger partial charge in [0, 0.05) is 23.5 Å². The maximum Gasteiger partial charge on any atom is 0.123 e. The minimum absolute atomic E-state index is 0.312. The van der Waals surface area contributed by atoms with Crippen LogP contribution in [0.3, 0.4) is 0 Å². The lowest BCUT2D eigenvalue weighted by molar-refractivity contribution is 0.138. The van der Waals surface area contributed by atoms with E-state index in [-0.39, 0.29) is 0 Å². The summed E-state index contributed by atoms with van der Waals surface area (Å²) in [5, 5.41) is 12.1. The molecule has 1 aliphatic rings. The number of aromatic nitrogens is 2. The van der Waals surface area contributed by atoms with Crippen LogP contribution in [0.15, 0.2) is 42.6 Å². The van der Waals surface area contributed by atoms with Crippen molar-refractivity contribution < 1.29 is 4.74 Å². The van der Waals surface area contributed by atoms with Gasteiger partial charge in [0.1, 0.15) is 5.75 Å². The van der Waals surface area contributed by atoms with Crippen molar-refractivity contribution in [3.8, 4) is 5.75 Å². The molecule has 2 aromatic carbocycles. The molecule has 3 aromatic rings. The minimum atomic E-state index is 0.312. The quantitative estimate of drug-likeness (QED) is 0.704. The third-order valence-corrected chi connectivity index (χ3v) is 5.56. The van der Waals surface area contributed by atoms with Crippen LogP contribution in [0.4, 0.5) is 0 Å². The molecule has 4 heteroatoms. The van der Waals surface area contributed by atoms with Crippen LogP contribution in [0, 0.1) is 13.8 Å². The topological polar surface area (TPSA) is 49.9 Å². The van der Waals surface area contributed by atoms with Crippen molar-refractivity contribution >= 4 is 10.9 Å². The number of fused-ring (bicyclic) bond motifs is 1. The Morgan fingerprint density at radius 1 is 1.12 bits per heavy atom. The third-order valence-electron chi connectivity index (χ3n) is 5.56. The first kappa shape index (κ1) is 17.1. The van der Waals surface area contributed by atoms with Gasteiger partial charge in [0.25, 0.3) is 0 Å². The van der Waals surface area contributed by atoms with Crippen LogP contribution in [-0.2, 0) is 6.54 Å². The molecule has 2 N–H and O–H groups in total. The lowest BCUT2D eigenvalue weighted by Gasteiger charge is -2.30. The molecule has 1 heterocycles. The first-order valence-electron chi connectivity index (χ1n) is 9.58. The molecule has 0 spiro atoms. The summed E-state index contributed by atoms with van der Waals surface area (Å²) in [5.74, 6) is 1.01. The number of aromatic amines is 1. The molecule has 26 heavy (non-hydrogen) atoms. The molecule has 0 aliphatic heterocycles. The van der Waals surface area contributed by atoms with Gasteiger partial charge in [-0.15, -0.1) is 0 Å². The molecule has 0 saturated heterocycles. The van der Waals surface area contributed by atoms with Crippen molar-refractivity contribution in [3.63, 3.8) is 0 Å². The van der Waals surface area contributed by atoms with Crippen LogP contribution in [-0.4, -0.2) is 22.3 Å². The molecular formula is C22H27N3O. The average molecular weight is 349 g/mol. The molecule has 1 aromatic heterocycles. The number of rotatable bonds is 5. The van der Waals surface area contributed by atoms with Crippen molar-refractivity contribution in [2.75, 3.05) is 0 Å². The fraction of sp³-hybridized carbons (Fsp3) is 0.409. The molecule has 0 radical (unpaired) electrons. The SMILES string of the molecule is Cc1c(O[C@H]2CC[C@H](NCc3ccccc3)CC2)cc(C)c2[nH]ncc12. The maximum atomic E-state index is 6.39. The number of ether oxygens (including phenoxy) is 1. The highest BCUT2D eigenvalue weighted by Gasteiger charge is 2.23. The lowest BCUT2D eigenvalue weighted by atomic mass is 9.92. The van der Waals surface area contributed by atoms with E-state index in [2.05, 4.69) is 65.8 Å². The Morgan fingerprint density at radius 2 is 1.88 bits per heavy atom. The van der Waals surface area contributed by atoms with E-state index in [1.165, 1.54) is 34.9 Å². The summed E-state index contributed by atoms with van der Waals surface area (Å²) in [6, 6.07) is 13.4. The normalized spacial score (nSPS) is 20.4. The number of nitrogens with zero attached hydrogens (tertiary/aromatic N) is 1. The Hall–Kier alpha value is -2.33. The van der Waals surface area contributed by atoms with E-state index in [4.69, 9.17) is 4.74 Å². The molecule has 136 valence electrons. The molecule has 4 nitrogen and oxygen atoms in total. The number of benzene rings is 2. The predicted molar refractivity (Wildman–Crippen MR) is 106 cm³/mol. The van der Waals surface area contributed by atoms with E-state index in [9.17, 15) is 0 Å². The smallest absolute Gasteiger partial charge is 0.123 e. The molecule has 4 rings (SSSR count). The molecule has 1 saturated carbocycles. The van der Waals surface area contributed by atoms with Gasteiger partial charge in [0.05, 0.1) is 17.8 Å². The van der Waals surface area contributed by atoms with Crippen LogP contribution >= 0.6 is 0 Å².